The van der Waals surface area contributed by atoms with Crippen LogP contribution in [-0.2, 0) is 11.3 Å². The molecule has 0 spiro atoms. The van der Waals surface area contributed by atoms with Gasteiger partial charge in [-0.2, -0.15) is 0 Å². The van der Waals surface area contributed by atoms with Crippen LogP contribution in [0, 0.1) is 12.8 Å². The summed E-state index contributed by atoms with van der Waals surface area (Å²) in [6.07, 6.45) is 2.70. The summed E-state index contributed by atoms with van der Waals surface area (Å²) in [5.41, 5.74) is 2.94. The summed E-state index contributed by atoms with van der Waals surface area (Å²) in [4.78, 5) is 10.7. The number of rotatable bonds is 4. The molecule has 0 atom stereocenters. The Labute approximate surface area is 123 Å². The summed E-state index contributed by atoms with van der Waals surface area (Å²) in [5, 5.41) is 10.4. The standard InChI is InChI=1S/C16H18ClNO2/c1-10(2)9-18-14-6-4-11(3)8-13(14)12(16(18)17)5-7-15(19)20/h4-8,10H,9H2,1-3H3,(H,19,20)/b7-5+. The van der Waals surface area contributed by atoms with E-state index >= 15 is 0 Å². The largest absolute Gasteiger partial charge is 0.478 e. The minimum absolute atomic E-state index is 0.459. The van der Waals surface area contributed by atoms with Gasteiger partial charge in [0.05, 0.1) is 0 Å². The van der Waals surface area contributed by atoms with Crippen molar-refractivity contribution in [2.45, 2.75) is 27.3 Å². The Hall–Kier alpha value is -1.74. The molecule has 2 rings (SSSR count). The van der Waals surface area contributed by atoms with Crippen molar-refractivity contribution in [2.24, 2.45) is 5.92 Å². The average molecular weight is 292 g/mol. The molecule has 0 amide bonds. The SMILES string of the molecule is Cc1ccc2c(c1)c(/C=C/C(=O)O)c(Cl)n2CC(C)C. The van der Waals surface area contributed by atoms with Crippen LogP contribution in [0.3, 0.4) is 0 Å². The van der Waals surface area contributed by atoms with Crippen molar-refractivity contribution >= 4 is 34.5 Å². The molecule has 0 unspecified atom stereocenters. The van der Waals surface area contributed by atoms with Crippen LogP contribution in [0.5, 0.6) is 0 Å². The second-order valence-electron chi connectivity index (χ2n) is 5.40. The minimum atomic E-state index is -0.974. The van der Waals surface area contributed by atoms with Crippen LogP contribution in [0.2, 0.25) is 5.15 Å². The molecule has 106 valence electrons. The zero-order valence-corrected chi connectivity index (χ0v) is 12.6. The van der Waals surface area contributed by atoms with E-state index in [1.807, 2.05) is 29.7 Å². The summed E-state index contributed by atoms with van der Waals surface area (Å²) in [6, 6.07) is 6.12. The van der Waals surface area contributed by atoms with Gasteiger partial charge in [-0.15, -0.1) is 0 Å². The maximum Gasteiger partial charge on any atom is 0.328 e. The Morgan fingerprint density at radius 3 is 2.75 bits per heavy atom. The number of carboxylic acid groups (broad SMARTS) is 1. The van der Waals surface area contributed by atoms with E-state index in [0.717, 1.165) is 34.7 Å². The second kappa shape index (κ2) is 5.71. The van der Waals surface area contributed by atoms with Crippen molar-refractivity contribution in [1.29, 1.82) is 0 Å². The molecule has 1 heterocycles. The summed E-state index contributed by atoms with van der Waals surface area (Å²) in [5.74, 6) is -0.515. The van der Waals surface area contributed by atoms with E-state index in [-0.39, 0.29) is 0 Å². The number of benzene rings is 1. The van der Waals surface area contributed by atoms with Gasteiger partial charge in [0.15, 0.2) is 0 Å². The summed E-state index contributed by atoms with van der Waals surface area (Å²) < 4.78 is 2.04. The quantitative estimate of drug-likeness (QED) is 0.851. The van der Waals surface area contributed by atoms with Crippen LogP contribution >= 0.6 is 11.6 Å². The van der Waals surface area contributed by atoms with Crippen molar-refractivity contribution in [3.05, 3.63) is 40.6 Å². The second-order valence-corrected chi connectivity index (χ2v) is 5.76. The van der Waals surface area contributed by atoms with Crippen molar-refractivity contribution in [3.63, 3.8) is 0 Å². The highest BCUT2D eigenvalue weighted by atomic mass is 35.5. The number of aryl methyl sites for hydroxylation is 1. The number of hydrogen-bond acceptors (Lipinski definition) is 1. The normalized spacial score (nSPS) is 11.8. The van der Waals surface area contributed by atoms with Crippen LogP contribution < -0.4 is 0 Å². The predicted octanol–water partition coefficient (Wildman–Crippen LogP) is 4.36. The maximum absolute atomic E-state index is 10.7. The van der Waals surface area contributed by atoms with E-state index in [9.17, 15) is 4.79 Å². The molecule has 4 heteroatoms. The monoisotopic (exact) mass is 291 g/mol. The van der Waals surface area contributed by atoms with E-state index < -0.39 is 5.97 Å². The number of halogens is 1. The Balaban J connectivity index is 2.68. The topological polar surface area (TPSA) is 42.2 Å². The van der Waals surface area contributed by atoms with Gasteiger partial charge in [-0.25, -0.2) is 4.79 Å². The van der Waals surface area contributed by atoms with Crippen molar-refractivity contribution in [1.82, 2.24) is 4.57 Å². The molecule has 0 aliphatic carbocycles. The molecule has 0 radical (unpaired) electrons. The summed E-state index contributed by atoms with van der Waals surface area (Å²) in [6.45, 7) is 7.07. The van der Waals surface area contributed by atoms with Crippen molar-refractivity contribution in [2.75, 3.05) is 0 Å². The summed E-state index contributed by atoms with van der Waals surface area (Å²) in [7, 11) is 0. The molecule has 1 aromatic heterocycles. The number of carbonyl (C=O) groups is 1. The van der Waals surface area contributed by atoms with Crippen LogP contribution in [0.25, 0.3) is 17.0 Å². The lowest BCUT2D eigenvalue weighted by molar-refractivity contribution is -0.131. The number of nitrogens with zero attached hydrogens (tertiary/aromatic N) is 1. The number of carboxylic acids is 1. The van der Waals surface area contributed by atoms with Crippen LogP contribution in [0.15, 0.2) is 24.3 Å². The third-order valence-electron chi connectivity index (χ3n) is 3.13. The van der Waals surface area contributed by atoms with Crippen LogP contribution in [-0.4, -0.2) is 15.6 Å². The fourth-order valence-corrected chi connectivity index (χ4v) is 2.64. The fraction of sp³-hybridized carbons (Fsp3) is 0.312. The van der Waals surface area contributed by atoms with Crippen LogP contribution in [0.1, 0.15) is 25.0 Å². The van der Waals surface area contributed by atoms with Crippen LogP contribution in [0.4, 0.5) is 0 Å². The molecule has 0 saturated heterocycles. The first kappa shape index (κ1) is 14.7. The number of aliphatic carboxylic acids is 1. The Morgan fingerprint density at radius 1 is 1.45 bits per heavy atom. The number of hydrogen-bond donors (Lipinski definition) is 1. The molecule has 0 aliphatic rings. The summed E-state index contributed by atoms with van der Waals surface area (Å²) >= 11 is 6.45. The van der Waals surface area contributed by atoms with Gasteiger partial charge in [-0.1, -0.05) is 37.1 Å². The van der Waals surface area contributed by atoms with Gasteiger partial charge in [0.2, 0.25) is 0 Å². The van der Waals surface area contributed by atoms with E-state index in [2.05, 4.69) is 13.8 Å². The third-order valence-corrected chi connectivity index (χ3v) is 3.54. The minimum Gasteiger partial charge on any atom is -0.478 e. The van der Waals surface area contributed by atoms with Crippen molar-refractivity contribution in [3.8, 4) is 0 Å². The Morgan fingerprint density at radius 2 is 2.15 bits per heavy atom. The Kier molecular flexibility index (Phi) is 4.19. The zero-order chi connectivity index (χ0) is 14.9. The number of aromatic nitrogens is 1. The first-order chi connectivity index (χ1) is 9.40. The molecule has 0 bridgehead atoms. The average Bonchev–Trinajstić information content (AvgIpc) is 2.59. The fourth-order valence-electron chi connectivity index (χ4n) is 2.32. The van der Waals surface area contributed by atoms with Gasteiger partial charge >= 0.3 is 5.97 Å². The molecule has 0 fully saturated rings. The lowest BCUT2D eigenvalue weighted by atomic mass is 10.1. The molecule has 2 aromatic rings. The predicted molar refractivity (Wildman–Crippen MR) is 83.2 cm³/mol. The van der Waals surface area contributed by atoms with Gasteiger partial charge in [0.25, 0.3) is 0 Å². The lowest BCUT2D eigenvalue weighted by Gasteiger charge is -2.10. The highest BCUT2D eigenvalue weighted by molar-refractivity contribution is 6.33. The van der Waals surface area contributed by atoms with Gasteiger partial charge in [0, 0.05) is 29.1 Å². The molecule has 1 N–H and O–H groups in total. The highest BCUT2D eigenvalue weighted by Gasteiger charge is 2.14. The molecule has 0 aliphatic heterocycles. The van der Waals surface area contributed by atoms with Crippen molar-refractivity contribution < 1.29 is 9.90 Å². The first-order valence-electron chi connectivity index (χ1n) is 6.59. The van der Waals surface area contributed by atoms with Gasteiger partial charge in [-0.05, 0) is 31.1 Å². The third kappa shape index (κ3) is 2.88. The first-order valence-corrected chi connectivity index (χ1v) is 6.97. The Bertz CT molecular complexity index is 683. The number of fused-ring (bicyclic) bond motifs is 1. The molecule has 20 heavy (non-hydrogen) atoms. The van der Waals surface area contributed by atoms with E-state index in [1.165, 1.54) is 0 Å². The van der Waals surface area contributed by atoms with E-state index in [1.54, 1.807) is 6.08 Å². The molecular weight excluding hydrogens is 274 g/mol. The lowest BCUT2D eigenvalue weighted by Crippen LogP contribution is -2.04. The highest BCUT2D eigenvalue weighted by Crippen LogP contribution is 2.32. The maximum atomic E-state index is 10.7. The van der Waals surface area contributed by atoms with Gasteiger partial charge in [0.1, 0.15) is 5.15 Å². The molecule has 3 nitrogen and oxygen atoms in total. The molecular formula is C16H18ClNO2. The van der Waals surface area contributed by atoms with Gasteiger partial charge in [-0.3, -0.25) is 0 Å². The van der Waals surface area contributed by atoms with Gasteiger partial charge < -0.3 is 9.67 Å². The smallest absolute Gasteiger partial charge is 0.328 e. The zero-order valence-electron chi connectivity index (χ0n) is 11.9. The van der Waals surface area contributed by atoms with E-state index in [4.69, 9.17) is 16.7 Å². The molecule has 1 aromatic carbocycles. The van der Waals surface area contributed by atoms with E-state index in [0.29, 0.717) is 11.1 Å². The molecule has 0 saturated carbocycles.